The Balaban J connectivity index is 1.77. The minimum Gasteiger partial charge on any atom is -0.393 e. The lowest BCUT2D eigenvalue weighted by Gasteiger charge is -2.40. The van der Waals surface area contributed by atoms with Gasteiger partial charge in [-0.15, -0.1) is 0 Å². The van der Waals surface area contributed by atoms with Gasteiger partial charge in [0.2, 0.25) is 11.8 Å². The highest BCUT2D eigenvalue weighted by Crippen LogP contribution is 2.38. The summed E-state index contributed by atoms with van der Waals surface area (Å²) in [7, 11) is 0. The zero-order valence-electron chi connectivity index (χ0n) is 15.5. The molecule has 2 fully saturated rings. The summed E-state index contributed by atoms with van der Waals surface area (Å²) in [4.78, 5) is 26.3. The predicted molar refractivity (Wildman–Crippen MR) is 94.4 cm³/mol. The van der Waals surface area contributed by atoms with Gasteiger partial charge in [0.1, 0.15) is 0 Å². The Hall–Kier alpha value is -1.10. The lowest BCUT2D eigenvalue weighted by Crippen LogP contribution is -2.47. The fourth-order valence-corrected chi connectivity index (χ4v) is 4.11. The van der Waals surface area contributed by atoms with Crippen LogP contribution in [0.5, 0.6) is 0 Å². The average Bonchev–Trinajstić information content (AvgIpc) is 2.53. The summed E-state index contributed by atoms with van der Waals surface area (Å²) in [5.74, 6) is 0.545. The van der Waals surface area contributed by atoms with Crippen LogP contribution >= 0.6 is 0 Å². The second-order valence-electron chi connectivity index (χ2n) is 8.54. The molecule has 0 aromatic rings. The number of amides is 2. The molecule has 2 unspecified atom stereocenters. The van der Waals surface area contributed by atoms with Crippen LogP contribution in [-0.2, 0) is 9.59 Å². The summed E-state index contributed by atoms with van der Waals surface area (Å²) < 4.78 is 0. The molecule has 1 aliphatic heterocycles. The summed E-state index contributed by atoms with van der Waals surface area (Å²) in [6.45, 7) is 7.95. The number of carbonyl (C=O) groups is 2. The fraction of sp³-hybridized carbons (Fsp3) is 0.895. The summed E-state index contributed by atoms with van der Waals surface area (Å²) in [6.07, 6.45) is 6.19. The van der Waals surface area contributed by atoms with Crippen molar-refractivity contribution < 1.29 is 14.7 Å². The van der Waals surface area contributed by atoms with Gasteiger partial charge in [-0.05, 0) is 37.0 Å². The van der Waals surface area contributed by atoms with Crippen LogP contribution in [0.15, 0.2) is 0 Å². The highest BCUT2D eigenvalue weighted by atomic mass is 16.3. The Kier molecular flexibility index (Phi) is 6.67. The van der Waals surface area contributed by atoms with Crippen molar-refractivity contribution >= 4 is 11.8 Å². The van der Waals surface area contributed by atoms with Crippen molar-refractivity contribution in [2.24, 2.45) is 11.3 Å². The SMILES string of the molecule is CC(C)(C)C1CCCCC1NC(=O)CCC(=O)N1CCC(O)CC1. The number of hydrogen-bond donors (Lipinski definition) is 2. The van der Waals surface area contributed by atoms with Crippen molar-refractivity contribution in [3.8, 4) is 0 Å². The van der Waals surface area contributed by atoms with Crippen molar-refractivity contribution in [2.45, 2.75) is 84.3 Å². The Morgan fingerprint density at radius 2 is 1.67 bits per heavy atom. The molecule has 1 heterocycles. The van der Waals surface area contributed by atoms with Crippen molar-refractivity contribution in [3.63, 3.8) is 0 Å². The molecule has 0 bridgehead atoms. The van der Waals surface area contributed by atoms with Gasteiger partial charge in [-0.2, -0.15) is 0 Å². The molecular weight excluding hydrogens is 304 g/mol. The van der Waals surface area contributed by atoms with Crippen molar-refractivity contribution in [1.29, 1.82) is 0 Å². The molecule has 2 rings (SSSR count). The van der Waals surface area contributed by atoms with Crippen LogP contribution in [0.1, 0.15) is 72.1 Å². The molecular formula is C19H34N2O3. The van der Waals surface area contributed by atoms with Crippen molar-refractivity contribution in [3.05, 3.63) is 0 Å². The van der Waals surface area contributed by atoms with Crippen LogP contribution < -0.4 is 5.32 Å². The Morgan fingerprint density at radius 1 is 1.04 bits per heavy atom. The third kappa shape index (κ3) is 5.47. The summed E-state index contributed by atoms with van der Waals surface area (Å²) in [6, 6.07) is 0.242. The number of aliphatic hydroxyl groups excluding tert-OH is 1. The van der Waals surface area contributed by atoms with E-state index in [0.717, 1.165) is 6.42 Å². The summed E-state index contributed by atoms with van der Waals surface area (Å²) >= 11 is 0. The summed E-state index contributed by atoms with van der Waals surface area (Å²) in [5, 5.41) is 12.7. The Morgan fingerprint density at radius 3 is 2.29 bits per heavy atom. The molecule has 1 saturated carbocycles. The van der Waals surface area contributed by atoms with Crippen molar-refractivity contribution in [2.75, 3.05) is 13.1 Å². The molecule has 2 aliphatic rings. The maximum absolute atomic E-state index is 12.3. The zero-order valence-corrected chi connectivity index (χ0v) is 15.5. The topological polar surface area (TPSA) is 69.6 Å². The molecule has 0 radical (unpaired) electrons. The molecule has 2 atom stereocenters. The third-order valence-corrected chi connectivity index (χ3v) is 5.61. The highest BCUT2D eigenvalue weighted by Gasteiger charge is 2.34. The quantitative estimate of drug-likeness (QED) is 0.827. The highest BCUT2D eigenvalue weighted by molar-refractivity contribution is 5.84. The van der Waals surface area contributed by atoms with Gasteiger partial charge in [-0.25, -0.2) is 0 Å². The maximum Gasteiger partial charge on any atom is 0.223 e. The van der Waals surface area contributed by atoms with Crippen molar-refractivity contribution in [1.82, 2.24) is 10.2 Å². The number of likely N-dealkylation sites (tertiary alicyclic amines) is 1. The van der Waals surface area contributed by atoms with Gasteiger partial charge in [-0.3, -0.25) is 9.59 Å². The van der Waals surface area contributed by atoms with E-state index in [1.807, 2.05) is 0 Å². The van der Waals surface area contributed by atoms with Crippen LogP contribution in [0.4, 0.5) is 0 Å². The summed E-state index contributed by atoms with van der Waals surface area (Å²) in [5.41, 5.74) is 0.197. The van der Waals surface area contributed by atoms with Gasteiger partial charge < -0.3 is 15.3 Å². The minimum atomic E-state index is -0.280. The van der Waals surface area contributed by atoms with E-state index in [0.29, 0.717) is 31.8 Å². The maximum atomic E-state index is 12.3. The molecule has 0 aromatic heterocycles. The minimum absolute atomic E-state index is 0.00143. The number of piperidine rings is 1. The van der Waals surface area contributed by atoms with E-state index in [9.17, 15) is 14.7 Å². The first-order valence-electron chi connectivity index (χ1n) is 9.52. The van der Waals surface area contributed by atoms with E-state index in [1.54, 1.807) is 4.90 Å². The van der Waals surface area contributed by atoms with Gasteiger partial charge in [0.25, 0.3) is 0 Å². The smallest absolute Gasteiger partial charge is 0.223 e. The van der Waals surface area contributed by atoms with Crippen LogP contribution in [0.25, 0.3) is 0 Å². The first kappa shape index (κ1) is 19.2. The fourth-order valence-electron chi connectivity index (χ4n) is 4.11. The van der Waals surface area contributed by atoms with E-state index in [2.05, 4.69) is 26.1 Å². The lowest BCUT2D eigenvalue weighted by molar-refractivity contribution is -0.135. The van der Waals surface area contributed by atoms with Crippen LogP contribution in [0.2, 0.25) is 0 Å². The van der Waals surface area contributed by atoms with E-state index in [4.69, 9.17) is 0 Å². The van der Waals surface area contributed by atoms with Gasteiger partial charge >= 0.3 is 0 Å². The number of rotatable bonds is 4. The van der Waals surface area contributed by atoms with Gasteiger partial charge in [0, 0.05) is 32.0 Å². The normalized spacial score (nSPS) is 26.2. The predicted octanol–water partition coefficient (Wildman–Crippen LogP) is 2.47. The molecule has 0 spiro atoms. The molecule has 24 heavy (non-hydrogen) atoms. The van der Waals surface area contributed by atoms with Gasteiger partial charge in [-0.1, -0.05) is 33.6 Å². The second kappa shape index (κ2) is 8.32. The lowest BCUT2D eigenvalue weighted by atomic mass is 9.69. The molecule has 0 aromatic carbocycles. The number of nitrogens with one attached hydrogen (secondary N) is 1. The van der Waals surface area contributed by atoms with Crippen LogP contribution in [-0.4, -0.2) is 47.1 Å². The Labute approximate surface area is 146 Å². The van der Waals surface area contributed by atoms with Gasteiger partial charge in [0.05, 0.1) is 6.10 Å². The molecule has 1 saturated heterocycles. The van der Waals surface area contributed by atoms with E-state index < -0.39 is 0 Å². The number of carbonyl (C=O) groups excluding carboxylic acids is 2. The molecule has 138 valence electrons. The molecule has 2 amide bonds. The molecule has 2 N–H and O–H groups in total. The Bertz CT molecular complexity index is 436. The zero-order chi connectivity index (χ0) is 17.7. The van der Waals surface area contributed by atoms with E-state index in [1.165, 1.54) is 19.3 Å². The number of nitrogens with zero attached hydrogens (tertiary/aromatic N) is 1. The molecule has 1 aliphatic carbocycles. The molecule has 5 heteroatoms. The number of hydrogen-bond acceptors (Lipinski definition) is 3. The largest absolute Gasteiger partial charge is 0.393 e. The van der Waals surface area contributed by atoms with Crippen LogP contribution in [0.3, 0.4) is 0 Å². The number of aliphatic hydroxyl groups is 1. The first-order valence-corrected chi connectivity index (χ1v) is 9.52. The van der Waals surface area contributed by atoms with Crippen LogP contribution in [0, 0.1) is 11.3 Å². The first-order chi connectivity index (χ1) is 11.3. The van der Waals surface area contributed by atoms with Gasteiger partial charge in [0.15, 0.2) is 0 Å². The van der Waals surface area contributed by atoms with E-state index in [-0.39, 0.29) is 42.2 Å². The second-order valence-corrected chi connectivity index (χ2v) is 8.54. The monoisotopic (exact) mass is 338 g/mol. The standard InChI is InChI=1S/C19H34N2O3/c1-19(2,3)15-6-4-5-7-16(15)20-17(23)8-9-18(24)21-12-10-14(22)11-13-21/h14-16,22H,4-13H2,1-3H3,(H,20,23). The third-order valence-electron chi connectivity index (χ3n) is 5.61. The molecule has 5 nitrogen and oxygen atoms in total. The van der Waals surface area contributed by atoms with E-state index >= 15 is 0 Å². The average molecular weight is 338 g/mol.